The molecule has 0 saturated carbocycles. The fourth-order valence-corrected chi connectivity index (χ4v) is 3.31. The van der Waals surface area contributed by atoms with Crippen LogP contribution in [0, 0.1) is 6.92 Å². The van der Waals surface area contributed by atoms with Gasteiger partial charge in [0.05, 0.1) is 5.56 Å². The summed E-state index contributed by atoms with van der Waals surface area (Å²) < 4.78 is 10.6. The van der Waals surface area contributed by atoms with E-state index in [1.54, 1.807) is 36.1 Å². The number of hydrogen-bond acceptors (Lipinski definition) is 6. The summed E-state index contributed by atoms with van der Waals surface area (Å²) in [5, 5.41) is 6.69. The Bertz CT molecular complexity index is 1050. The number of rotatable bonds is 7. The number of carbonyl (C=O) groups excluding carboxylic acids is 2. The van der Waals surface area contributed by atoms with Crippen LogP contribution in [-0.2, 0) is 17.9 Å². The van der Waals surface area contributed by atoms with Crippen LogP contribution in [0.2, 0.25) is 0 Å². The van der Waals surface area contributed by atoms with Crippen LogP contribution >= 0.6 is 0 Å². The number of para-hydroxylation sites is 1. The van der Waals surface area contributed by atoms with Crippen LogP contribution in [0.5, 0.6) is 5.75 Å². The summed E-state index contributed by atoms with van der Waals surface area (Å²) in [6, 6.07) is 14.7. The highest BCUT2D eigenvalue weighted by Crippen LogP contribution is 2.22. The Morgan fingerprint density at radius 3 is 2.70 bits per heavy atom. The van der Waals surface area contributed by atoms with Gasteiger partial charge in [-0.05, 0) is 36.2 Å². The van der Waals surface area contributed by atoms with Gasteiger partial charge in [0.25, 0.3) is 5.91 Å². The molecule has 8 nitrogen and oxygen atoms in total. The zero-order valence-corrected chi connectivity index (χ0v) is 16.6. The third-order valence-electron chi connectivity index (χ3n) is 4.83. The van der Waals surface area contributed by atoms with Crippen LogP contribution in [0.1, 0.15) is 40.5 Å². The van der Waals surface area contributed by atoms with Gasteiger partial charge in [0.1, 0.15) is 5.75 Å². The van der Waals surface area contributed by atoms with E-state index in [9.17, 15) is 9.59 Å². The lowest BCUT2D eigenvalue weighted by molar-refractivity contribution is -0.117. The Morgan fingerprint density at radius 2 is 2.00 bits per heavy atom. The molecular formula is C22H22N4O4. The molecule has 1 N–H and O–H groups in total. The molecule has 30 heavy (non-hydrogen) atoms. The monoisotopic (exact) mass is 406 g/mol. The number of aromatic nitrogens is 2. The van der Waals surface area contributed by atoms with Crippen molar-refractivity contribution in [1.82, 2.24) is 15.5 Å². The third-order valence-corrected chi connectivity index (χ3v) is 4.83. The molecule has 1 fully saturated rings. The predicted octanol–water partition coefficient (Wildman–Crippen LogP) is 3.01. The molecule has 2 aromatic carbocycles. The lowest BCUT2D eigenvalue weighted by Crippen LogP contribution is -2.24. The maximum absolute atomic E-state index is 12.7. The summed E-state index contributed by atoms with van der Waals surface area (Å²) >= 11 is 0. The van der Waals surface area contributed by atoms with E-state index in [-0.39, 0.29) is 18.4 Å². The van der Waals surface area contributed by atoms with Crippen molar-refractivity contribution in [3.05, 3.63) is 71.4 Å². The normalized spacial score (nSPS) is 13.5. The minimum absolute atomic E-state index is 0.109. The van der Waals surface area contributed by atoms with Crippen molar-refractivity contribution in [2.24, 2.45) is 0 Å². The molecule has 1 saturated heterocycles. The highest BCUT2D eigenvalue weighted by atomic mass is 16.5. The van der Waals surface area contributed by atoms with E-state index in [1.165, 1.54) is 0 Å². The average molecular weight is 406 g/mol. The van der Waals surface area contributed by atoms with Crippen molar-refractivity contribution >= 4 is 17.5 Å². The second kappa shape index (κ2) is 8.77. The smallest absolute Gasteiger partial charge is 0.255 e. The van der Waals surface area contributed by atoms with Gasteiger partial charge in [-0.15, -0.1) is 0 Å². The molecule has 1 aliphatic heterocycles. The SMILES string of the molecule is Cc1nc(COc2ccccc2C(=O)NCc2ccc(N3CCCC3=O)cc2)no1. The number of aryl methyl sites for hydroxylation is 1. The fraction of sp³-hybridized carbons (Fsp3) is 0.273. The van der Waals surface area contributed by atoms with Crippen molar-refractivity contribution in [2.45, 2.75) is 32.9 Å². The van der Waals surface area contributed by atoms with Crippen molar-refractivity contribution in [2.75, 3.05) is 11.4 Å². The van der Waals surface area contributed by atoms with Gasteiger partial charge in [-0.3, -0.25) is 9.59 Å². The molecule has 1 aliphatic rings. The number of carbonyl (C=O) groups is 2. The second-order valence-corrected chi connectivity index (χ2v) is 7.01. The number of nitrogens with one attached hydrogen (secondary N) is 1. The summed E-state index contributed by atoms with van der Waals surface area (Å²) in [7, 11) is 0. The van der Waals surface area contributed by atoms with Crippen molar-refractivity contribution in [1.29, 1.82) is 0 Å². The Kier molecular flexibility index (Phi) is 5.74. The van der Waals surface area contributed by atoms with Gasteiger partial charge in [0, 0.05) is 32.1 Å². The third kappa shape index (κ3) is 4.48. The van der Waals surface area contributed by atoms with Gasteiger partial charge in [-0.1, -0.05) is 29.4 Å². The molecule has 2 amide bonds. The Hall–Kier alpha value is -3.68. The fourth-order valence-electron chi connectivity index (χ4n) is 3.31. The summed E-state index contributed by atoms with van der Waals surface area (Å²) in [6.45, 7) is 2.94. The molecule has 0 bridgehead atoms. The van der Waals surface area contributed by atoms with E-state index < -0.39 is 0 Å². The largest absolute Gasteiger partial charge is 0.485 e. The zero-order chi connectivity index (χ0) is 20.9. The van der Waals surface area contributed by atoms with Crippen LogP contribution in [0.4, 0.5) is 5.69 Å². The van der Waals surface area contributed by atoms with Gasteiger partial charge in [-0.25, -0.2) is 0 Å². The average Bonchev–Trinajstić information content (AvgIpc) is 3.39. The molecule has 154 valence electrons. The first-order valence-electron chi connectivity index (χ1n) is 9.78. The van der Waals surface area contributed by atoms with Gasteiger partial charge < -0.3 is 19.5 Å². The molecule has 4 rings (SSSR count). The van der Waals surface area contributed by atoms with Gasteiger partial charge >= 0.3 is 0 Å². The number of amides is 2. The second-order valence-electron chi connectivity index (χ2n) is 7.01. The molecular weight excluding hydrogens is 384 g/mol. The first-order valence-corrected chi connectivity index (χ1v) is 9.78. The topological polar surface area (TPSA) is 97.6 Å². The van der Waals surface area contributed by atoms with E-state index >= 15 is 0 Å². The maximum atomic E-state index is 12.7. The minimum Gasteiger partial charge on any atom is -0.485 e. The van der Waals surface area contributed by atoms with E-state index in [1.807, 2.05) is 24.3 Å². The Balaban J connectivity index is 1.36. The standard InChI is InChI=1S/C22H22N4O4/c1-15-24-20(25-30-15)14-29-19-6-3-2-5-18(19)22(28)23-13-16-8-10-17(11-9-16)26-12-4-7-21(26)27/h2-3,5-6,8-11H,4,7,12-14H2,1H3,(H,23,28). The minimum atomic E-state index is -0.242. The number of benzene rings is 2. The molecule has 8 heteroatoms. The van der Waals surface area contributed by atoms with E-state index in [4.69, 9.17) is 9.26 Å². The van der Waals surface area contributed by atoms with Crippen molar-refractivity contribution < 1.29 is 18.8 Å². The summed E-state index contributed by atoms with van der Waals surface area (Å²) in [5.74, 6) is 1.23. The quantitative estimate of drug-likeness (QED) is 0.648. The molecule has 1 aromatic heterocycles. The number of ether oxygens (including phenoxy) is 1. The predicted molar refractivity (Wildman–Crippen MR) is 109 cm³/mol. The number of hydrogen-bond donors (Lipinski definition) is 1. The molecule has 3 aromatic rings. The van der Waals surface area contributed by atoms with Crippen LogP contribution in [0.3, 0.4) is 0 Å². The van der Waals surface area contributed by atoms with Crippen LogP contribution < -0.4 is 15.0 Å². The highest BCUT2D eigenvalue weighted by molar-refractivity contribution is 5.97. The van der Waals surface area contributed by atoms with Crippen LogP contribution in [-0.4, -0.2) is 28.5 Å². The van der Waals surface area contributed by atoms with E-state index in [0.29, 0.717) is 36.0 Å². The van der Waals surface area contributed by atoms with Crippen molar-refractivity contribution in [3.63, 3.8) is 0 Å². The van der Waals surface area contributed by atoms with E-state index in [0.717, 1.165) is 24.2 Å². The molecule has 0 spiro atoms. The maximum Gasteiger partial charge on any atom is 0.255 e. The first-order chi connectivity index (χ1) is 14.6. The summed E-state index contributed by atoms with van der Waals surface area (Å²) in [5.41, 5.74) is 2.26. The van der Waals surface area contributed by atoms with Gasteiger partial charge in [0.15, 0.2) is 6.61 Å². The first kappa shape index (κ1) is 19.6. The van der Waals surface area contributed by atoms with Crippen molar-refractivity contribution in [3.8, 4) is 5.75 Å². The Morgan fingerprint density at radius 1 is 1.20 bits per heavy atom. The summed E-state index contributed by atoms with van der Waals surface area (Å²) in [6.07, 6.45) is 1.50. The Labute approximate surface area is 173 Å². The number of nitrogens with zero attached hydrogens (tertiary/aromatic N) is 3. The van der Waals surface area contributed by atoms with Gasteiger partial charge in [0.2, 0.25) is 17.6 Å². The van der Waals surface area contributed by atoms with Gasteiger partial charge in [-0.2, -0.15) is 4.98 Å². The van der Waals surface area contributed by atoms with E-state index in [2.05, 4.69) is 15.5 Å². The molecule has 0 atom stereocenters. The van der Waals surface area contributed by atoms with Crippen LogP contribution in [0.15, 0.2) is 53.1 Å². The van der Waals surface area contributed by atoms with Crippen LogP contribution in [0.25, 0.3) is 0 Å². The molecule has 0 aliphatic carbocycles. The summed E-state index contributed by atoms with van der Waals surface area (Å²) in [4.78, 5) is 30.4. The lowest BCUT2D eigenvalue weighted by Gasteiger charge is -2.16. The lowest BCUT2D eigenvalue weighted by atomic mass is 10.1. The molecule has 2 heterocycles. The molecule has 0 unspecified atom stereocenters. The molecule has 0 radical (unpaired) electrons. The zero-order valence-electron chi connectivity index (χ0n) is 16.6. The number of anilines is 1. The highest BCUT2D eigenvalue weighted by Gasteiger charge is 2.21.